The van der Waals surface area contributed by atoms with Crippen LogP contribution in [0.2, 0.25) is 0 Å². The molecular weight excluding hydrogens is 232 g/mol. The Bertz CT molecular complexity index is 338. The first-order valence-corrected chi connectivity index (χ1v) is 5.27. The minimum Gasteiger partial charge on any atom is -0.384 e. The summed E-state index contributed by atoms with van der Waals surface area (Å²) < 4.78 is 2.90. The highest BCUT2D eigenvalue weighted by molar-refractivity contribution is 9.10. The minimum absolute atomic E-state index is 0.787. The molecule has 0 saturated heterocycles. The molecule has 13 heavy (non-hydrogen) atoms. The predicted octanol–water partition coefficient (Wildman–Crippen LogP) is 1.82. The second-order valence-corrected chi connectivity index (χ2v) is 4.73. The van der Waals surface area contributed by atoms with Crippen molar-refractivity contribution < 1.29 is 5.11 Å². The number of fused-ring (bicyclic) bond motifs is 1. The van der Waals surface area contributed by atoms with Crippen molar-refractivity contribution in [3.63, 3.8) is 0 Å². The van der Waals surface area contributed by atoms with Crippen LogP contribution in [-0.4, -0.2) is 14.7 Å². The standard InChI is InChI=1S/C9H13BrN2O/c1-9(2,13)7-8(10)11-6-4-3-5-12(6)7/h13H,3-5H2,1-2H3. The van der Waals surface area contributed by atoms with Gasteiger partial charge in [0.15, 0.2) is 0 Å². The molecule has 0 radical (unpaired) electrons. The molecule has 0 atom stereocenters. The summed E-state index contributed by atoms with van der Waals surface area (Å²) in [6.07, 6.45) is 2.16. The summed E-state index contributed by atoms with van der Waals surface area (Å²) in [7, 11) is 0. The van der Waals surface area contributed by atoms with Crippen LogP contribution in [0.5, 0.6) is 0 Å². The third-order valence-electron chi connectivity index (χ3n) is 2.37. The molecule has 0 unspecified atom stereocenters. The Kier molecular flexibility index (Phi) is 2.00. The Balaban J connectivity index is 2.56. The molecule has 2 rings (SSSR count). The molecular formula is C9H13BrN2O. The number of hydrogen-bond acceptors (Lipinski definition) is 2. The van der Waals surface area contributed by atoms with E-state index in [9.17, 15) is 5.11 Å². The average Bonchev–Trinajstić information content (AvgIpc) is 2.41. The van der Waals surface area contributed by atoms with Crippen LogP contribution in [0, 0.1) is 0 Å². The van der Waals surface area contributed by atoms with Gasteiger partial charge >= 0.3 is 0 Å². The van der Waals surface area contributed by atoms with Gasteiger partial charge in [-0.15, -0.1) is 0 Å². The molecule has 0 aliphatic carbocycles. The lowest BCUT2D eigenvalue weighted by molar-refractivity contribution is 0.0691. The van der Waals surface area contributed by atoms with Crippen LogP contribution in [0.1, 0.15) is 31.8 Å². The Labute approximate surface area is 85.9 Å². The molecule has 1 N–H and O–H groups in total. The highest BCUT2D eigenvalue weighted by Gasteiger charge is 2.29. The van der Waals surface area contributed by atoms with Crippen LogP contribution in [0.4, 0.5) is 0 Å². The highest BCUT2D eigenvalue weighted by atomic mass is 79.9. The van der Waals surface area contributed by atoms with Crippen molar-refractivity contribution in [2.75, 3.05) is 0 Å². The molecule has 0 amide bonds. The first kappa shape index (κ1) is 9.21. The number of aryl methyl sites for hydroxylation is 1. The Morgan fingerprint density at radius 3 is 2.85 bits per heavy atom. The fourth-order valence-electron chi connectivity index (χ4n) is 1.88. The van der Waals surface area contributed by atoms with Crippen molar-refractivity contribution in [2.24, 2.45) is 0 Å². The van der Waals surface area contributed by atoms with Crippen LogP contribution >= 0.6 is 15.9 Å². The highest BCUT2D eigenvalue weighted by Crippen LogP contribution is 2.31. The lowest BCUT2D eigenvalue weighted by atomic mass is 10.1. The summed E-state index contributed by atoms with van der Waals surface area (Å²) >= 11 is 3.39. The number of nitrogens with zero attached hydrogens (tertiary/aromatic N) is 2. The molecule has 0 bridgehead atoms. The van der Waals surface area contributed by atoms with Crippen molar-refractivity contribution in [2.45, 2.75) is 38.8 Å². The van der Waals surface area contributed by atoms with E-state index in [4.69, 9.17) is 0 Å². The maximum atomic E-state index is 9.93. The van der Waals surface area contributed by atoms with Gasteiger partial charge in [0.05, 0.1) is 5.69 Å². The summed E-state index contributed by atoms with van der Waals surface area (Å²) in [6, 6.07) is 0. The third kappa shape index (κ3) is 1.42. The van der Waals surface area contributed by atoms with E-state index in [0.29, 0.717) is 0 Å². The topological polar surface area (TPSA) is 38.1 Å². The molecule has 0 fully saturated rings. The van der Waals surface area contributed by atoms with Crippen LogP contribution in [0.15, 0.2) is 4.60 Å². The maximum Gasteiger partial charge on any atom is 0.130 e. The molecule has 3 nitrogen and oxygen atoms in total. The predicted molar refractivity (Wildman–Crippen MR) is 53.5 cm³/mol. The second kappa shape index (κ2) is 2.82. The largest absolute Gasteiger partial charge is 0.384 e. The lowest BCUT2D eigenvalue weighted by Gasteiger charge is -2.19. The summed E-state index contributed by atoms with van der Waals surface area (Å²) in [6.45, 7) is 4.56. The molecule has 1 aliphatic heterocycles. The van der Waals surface area contributed by atoms with E-state index in [1.807, 2.05) is 0 Å². The number of halogens is 1. The Hall–Kier alpha value is -0.350. The van der Waals surface area contributed by atoms with E-state index in [1.165, 1.54) is 0 Å². The van der Waals surface area contributed by atoms with E-state index >= 15 is 0 Å². The molecule has 1 aromatic heterocycles. The Morgan fingerprint density at radius 1 is 1.54 bits per heavy atom. The zero-order chi connectivity index (χ0) is 9.64. The van der Waals surface area contributed by atoms with Gasteiger partial charge in [-0.1, -0.05) is 0 Å². The molecule has 0 saturated carbocycles. The van der Waals surface area contributed by atoms with Gasteiger partial charge in [-0.2, -0.15) is 0 Å². The van der Waals surface area contributed by atoms with E-state index < -0.39 is 5.60 Å². The summed E-state index contributed by atoms with van der Waals surface area (Å²) in [5, 5.41) is 9.93. The fraction of sp³-hybridized carbons (Fsp3) is 0.667. The maximum absolute atomic E-state index is 9.93. The number of aliphatic hydroxyl groups is 1. The van der Waals surface area contributed by atoms with E-state index in [0.717, 1.165) is 35.5 Å². The van der Waals surface area contributed by atoms with Crippen molar-refractivity contribution in [1.82, 2.24) is 9.55 Å². The molecule has 72 valence electrons. The average molecular weight is 245 g/mol. The van der Waals surface area contributed by atoms with Crippen molar-refractivity contribution >= 4 is 15.9 Å². The van der Waals surface area contributed by atoms with Crippen LogP contribution < -0.4 is 0 Å². The van der Waals surface area contributed by atoms with Crippen molar-refractivity contribution in [3.8, 4) is 0 Å². The quantitative estimate of drug-likeness (QED) is 0.819. The Morgan fingerprint density at radius 2 is 2.23 bits per heavy atom. The summed E-state index contributed by atoms with van der Waals surface area (Å²) in [5.74, 6) is 1.09. The molecule has 1 aliphatic rings. The van der Waals surface area contributed by atoms with Gasteiger partial charge in [0, 0.05) is 13.0 Å². The van der Waals surface area contributed by atoms with Crippen LogP contribution in [-0.2, 0) is 18.6 Å². The first-order chi connectivity index (χ1) is 6.00. The third-order valence-corrected chi connectivity index (χ3v) is 2.92. The van der Waals surface area contributed by atoms with Crippen molar-refractivity contribution in [3.05, 3.63) is 16.1 Å². The van der Waals surface area contributed by atoms with Crippen LogP contribution in [0.25, 0.3) is 0 Å². The molecule has 2 heterocycles. The zero-order valence-corrected chi connectivity index (χ0v) is 9.43. The van der Waals surface area contributed by atoms with Gasteiger partial charge < -0.3 is 9.67 Å². The molecule has 4 heteroatoms. The van der Waals surface area contributed by atoms with Crippen molar-refractivity contribution in [1.29, 1.82) is 0 Å². The second-order valence-electron chi connectivity index (χ2n) is 3.98. The number of rotatable bonds is 1. The zero-order valence-electron chi connectivity index (χ0n) is 7.84. The van der Waals surface area contributed by atoms with Crippen LogP contribution in [0.3, 0.4) is 0 Å². The summed E-state index contributed by atoms with van der Waals surface area (Å²) in [5.41, 5.74) is 0.0917. The van der Waals surface area contributed by atoms with E-state index in [1.54, 1.807) is 13.8 Å². The molecule has 1 aromatic rings. The van der Waals surface area contributed by atoms with Gasteiger partial charge in [0.2, 0.25) is 0 Å². The van der Waals surface area contributed by atoms with Gasteiger partial charge in [-0.3, -0.25) is 0 Å². The minimum atomic E-state index is -0.811. The molecule has 0 aromatic carbocycles. The van der Waals surface area contributed by atoms with E-state index in [-0.39, 0.29) is 0 Å². The first-order valence-electron chi connectivity index (χ1n) is 4.48. The smallest absolute Gasteiger partial charge is 0.130 e. The monoisotopic (exact) mass is 244 g/mol. The van der Waals surface area contributed by atoms with Gasteiger partial charge in [0.25, 0.3) is 0 Å². The lowest BCUT2D eigenvalue weighted by Crippen LogP contribution is -2.20. The SMILES string of the molecule is CC(C)(O)c1c(Br)nc2n1CCC2. The number of imidazole rings is 1. The van der Waals surface area contributed by atoms with Gasteiger partial charge in [0.1, 0.15) is 16.0 Å². The number of aromatic nitrogens is 2. The van der Waals surface area contributed by atoms with Gasteiger partial charge in [-0.25, -0.2) is 4.98 Å². The summed E-state index contributed by atoms with van der Waals surface area (Å²) in [4.78, 5) is 4.38. The molecule has 0 spiro atoms. The van der Waals surface area contributed by atoms with Gasteiger partial charge in [-0.05, 0) is 36.2 Å². The fourth-order valence-corrected chi connectivity index (χ4v) is 2.78. The normalized spacial score (nSPS) is 16.3. The van der Waals surface area contributed by atoms with E-state index in [2.05, 4.69) is 25.5 Å². The number of hydrogen-bond donors (Lipinski definition) is 1.